The molecule has 0 aromatic carbocycles. The molecule has 0 unspecified atom stereocenters. The van der Waals surface area contributed by atoms with Crippen LogP contribution in [0.3, 0.4) is 0 Å². The Hall–Kier alpha value is -2.34. The summed E-state index contributed by atoms with van der Waals surface area (Å²) in [6, 6.07) is 3.79. The number of nitrogen functional groups attached to an aromatic ring is 1. The summed E-state index contributed by atoms with van der Waals surface area (Å²) in [6.07, 6.45) is 5.94. The third-order valence-corrected chi connectivity index (χ3v) is 4.23. The van der Waals surface area contributed by atoms with Crippen LogP contribution in [0, 0.1) is 5.92 Å². The predicted octanol–water partition coefficient (Wildman–Crippen LogP) is 2.07. The Morgan fingerprint density at radius 1 is 1.36 bits per heavy atom. The van der Waals surface area contributed by atoms with Gasteiger partial charge in [-0.25, -0.2) is 9.97 Å². The van der Waals surface area contributed by atoms with Gasteiger partial charge in [0.25, 0.3) is 0 Å². The lowest BCUT2D eigenvalue weighted by molar-refractivity contribution is 0.220. The number of aromatic amines is 1. The summed E-state index contributed by atoms with van der Waals surface area (Å²) in [7, 11) is 0. The van der Waals surface area contributed by atoms with Crippen molar-refractivity contribution < 1.29 is 4.74 Å². The summed E-state index contributed by atoms with van der Waals surface area (Å²) in [4.78, 5) is 11.8. The third-order valence-electron chi connectivity index (χ3n) is 4.23. The number of anilines is 1. The first-order chi connectivity index (χ1) is 10.8. The van der Waals surface area contributed by atoms with Crippen molar-refractivity contribution in [2.45, 2.75) is 12.8 Å². The van der Waals surface area contributed by atoms with E-state index in [9.17, 15) is 0 Å². The molecule has 3 aromatic heterocycles. The fraction of sp³-hybridized carbons (Fsp3) is 0.375. The van der Waals surface area contributed by atoms with Crippen molar-refractivity contribution in [2.24, 2.45) is 5.92 Å². The van der Waals surface area contributed by atoms with Gasteiger partial charge in [-0.1, -0.05) is 0 Å². The predicted molar refractivity (Wildman–Crippen MR) is 86.9 cm³/mol. The second kappa shape index (κ2) is 5.46. The molecule has 1 atom stereocenters. The van der Waals surface area contributed by atoms with E-state index in [1.165, 1.54) is 12.8 Å². The molecule has 4 rings (SSSR count). The van der Waals surface area contributed by atoms with E-state index in [0.717, 1.165) is 47.4 Å². The van der Waals surface area contributed by atoms with Gasteiger partial charge in [-0.05, 0) is 31.5 Å². The van der Waals surface area contributed by atoms with Crippen molar-refractivity contribution in [2.75, 3.05) is 25.4 Å². The van der Waals surface area contributed by atoms with E-state index < -0.39 is 0 Å². The molecule has 0 bridgehead atoms. The molecule has 4 N–H and O–H groups in total. The number of hydrogen-bond acceptors (Lipinski definition) is 5. The van der Waals surface area contributed by atoms with Gasteiger partial charge in [0.15, 0.2) is 0 Å². The minimum absolute atomic E-state index is 0.500. The van der Waals surface area contributed by atoms with Crippen LogP contribution in [0.1, 0.15) is 12.8 Å². The molecule has 1 fully saturated rings. The van der Waals surface area contributed by atoms with Crippen molar-refractivity contribution in [3.05, 3.63) is 24.5 Å². The number of aromatic nitrogens is 3. The highest BCUT2D eigenvalue weighted by Gasteiger charge is 2.16. The SMILES string of the molecule is Nc1cc2c(cn1)[nH]c1nccc(OC[C@@H]3CCCNC3)c12. The lowest BCUT2D eigenvalue weighted by Crippen LogP contribution is -2.33. The third kappa shape index (κ3) is 2.35. The molecule has 1 aliphatic rings. The molecular weight excluding hydrogens is 278 g/mol. The Balaban J connectivity index is 1.70. The molecule has 4 heterocycles. The maximum Gasteiger partial charge on any atom is 0.142 e. The normalized spacial score (nSPS) is 18.8. The summed E-state index contributed by atoms with van der Waals surface area (Å²) in [5, 5.41) is 5.41. The van der Waals surface area contributed by atoms with Crippen LogP contribution < -0.4 is 15.8 Å². The second-order valence-corrected chi connectivity index (χ2v) is 5.84. The first-order valence-electron chi connectivity index (χ1n) is 7.66. The first kappa shape index (κ1) is 13.3. The van der Waals surface area contributed by atoms with Gasteiger partial charge in [0.05, 0.1) is 23.7 Å². The minimum atomic E-state index is 0.500. The first-order valence-corrected chi connectivity index (χ1v) is 7.66. The average Bonchev–Trinajstić information content (AvgIpc) is 2.92. The molecule has 114 valence electrons. The number of piperidine rings is 1. The number of nitrogens with one attached hydrogen (secondary N) is 2. The zero-order chi connectivity index (χ0) is 14.9. The van der Waals surface area contributed by atoms with E-state index >= 15 is 0 Å². The molecule has 1 aliphatic heterocycles. The summed E-state index contributed by atoms with van der Waals surface area (Å²) < 4.78 is 6.10. The van der Waals surface area contributed by atoms with Crippen LogP contribution in [0.2, 0.25) is 0 Å². The minimum Gasteiger partial charge on any atom is -0.492 e. The van der Waals surface area contributed by atoms with Crippen molar-refractivity contribution >= 4 is 27.8 Å². The zero-order valence-corrected chi connectivity index (χ0v) is 12.3. The monoisotopic (exact) mass is 297 g/mol. The van der Waals surface area contributed by atoms with Gasteiger partial charge in [0.2, 0.25) is 0 Å². The van der Waals surface area contributed by atoms with Crippen molar-refractivity contribution in [1.29, 1.82) is 0 Å². The number of pyridine rings is 2. The van der Waals surface area contributed by atoms with E-state index in [-0.39, 0.29) is 0 Å². The van der Waals surface area contributed by atoms with Crippen LogP contribution >= 0.6 is 0 Å². The molecular formula is C16H19N5O. The number of fused-ring (bicyclic) bond motifs is 3. The molecule has 6 nitrogen and oxygen atoms in total. The van der Waals surface area contributed by atoms with Gasteiger partial charge in [-0.3, -0.25) is 0 Å². The Kier molecular flexibility index (Phi) is 3.31. The molecule has 0 saturated carbocycles. The Morgan fingerprint density at radius 2 is 2.32 bits per heavy atom. The number of hydrogen-bond donors (Lipinski definition) is 3. The largest absolute Gasteiger partial charge is 0.492 e. The van der Waals surface area contributed by atoms with Crippen molar-refractivity contribution in [1.82, 2.24) is 20.3 Å². The quantitative estimate of drug-likeness (QED) is 0.688. The van der Waals surface area contributed by atoms with E-state index in [1.54, 1.807) is 12.4 Å². The Labute approximate surface area is 128 Å². The van der Waals surface area contributed by atoms with Crippen LogP contribution in [-0.4, -0.2) is 34.6 Å². The van der Waals surface area contributed by atoms with Gasteiger partial charge in [0, 0.05) is 24.0 Å². The highest BCUT2D eigenvalue weighted by molar-refractivity contribution is 6.09. The fourth-order valence-electron chi connectivity index (χ4n) is 3.10. The van der Waals surface area contributed by atoms with E-state index in [1.807, 2.05) is 12.1 Å². The number of nitrogens with two attached hydrogens (primary N) is 1. The molecule has 22 heavy (non-hydrogen) atoms. The molecule has 6 heteroatoms. The molecule has 0 aliphatic carbocycles. The van der Waals surface area contributed by atoms with Crippen molar-refractivity contribution in [3.8, 4) is 5.75 Å². The maximum atomic E-state index is 6.10. The van der Waals surface area contributed by atoms with Gasteiger partial charge in [-0.2, -0.15) is 0 Å². The number of H-pyrrole nitrogens is 1. The van der Waals surface area contributed by atoms with Crippen LogP contribution in [0.15, 0.2) is 24.5 Å². The standard InChI is InChI=1S/C16H19N5O/c17-14-6-11-12(8-20-14)21-16-15(11)13(3-5-19-16)22-9-10-2-1-4-18-7-10/h3,5-6,8,10,18H,1-2,4,7,9H2,(H2,17,20)(H,19,21)/t10-/m1/s1. The van der Waals surface area contributed by atoms with E-state index in [2.05, 4.69) is 20.3 Å². The van der Waals surface area contributed by atoms with Gasteiger partial charge in [-0.15, -0.1) is 0 Å². The summed E-state index contributed by atoms with van der Waals surface area (Å²) in [5.74, 6) is 1.92. The summed E-state index contributed by atoms with van der Waals surface area (Å²) >= 11 is 0. The van der Waals surface area contributed by atoms with E-state index in [4.69, 9.17) is 10.5 Å². The van der Waals surface area contributed by atoms with Gasteiger partial charge < -0.3 is 20.8 Å². The zero-order valence-electron chi connectivity index (χ0n) is 12.3. The number of ether oxygens (including phenoxy) is 1. The summed E-state index contributed by atoms with van der Waals surface area (Å²) in [6.45, 7) is 2.86. The Bertz CT molecular complexity index is 807. The maximum absolute atomic E-state index is 6.10. The molecule has 0 amide bonds. The van der Waals surface area contributed by atoms with Crippen LogP contribution in [0.25, 0.3) is 21.9 Å². The number of rotatable bonds is 3. The summed E-state index contributed by atoms with van der Waals surface area (Å²) in [5.41, 5.74) is 7.55. The lowest BCUT2D eigenvalue weighted by atomic mass is 10.0. The van der Waals surface area contributed by atoms with Gasteiger partial charge in [0.1, 0.15) is 17.2 Å². The molecule has 1 saturated heterocycles. The molecule has 3 aromatic rings. The molecule has 0 radical (unpaired) electrons. The number of nitrogens with zero attached hydrogens (tertiary/aromatic N) is 2. The van der Waals surface area contributed by atoms with Crippen LogP contribution in [0.5, 0.6) is 5.75 Å². The second-order valence-electron chi connectivity index (χ2n) is 5.84. The van der Waals surface area contributed by atoms with E-state index in [0.29, 0.717) is 11.7 Å². The fourth-order valence-corrected chi connectivity index (χ4v) is 3.10. The van der Waals surface area contributed by atoms with Crippen molar-refractivity contribution in [3.63, 3.8) is 0 Å². The lowest BCUT2D eigenvalue weighted by Gasteiger charge is -2.22. The molecule has 0 spiro atoms. The highest BCUT2D eigenvalue weighted by atomic mass is 16.5. The smallest absolute Gasteiger partial charge is 0.142 e. The topological polar surface area (TPSA) is 88.9 Å². The average molecular weight is 297 g/mol. The van der Waals surface area contributed by atoms with Gasteiger partial charge >= 0.3 is 0 Å². The highest BCUT2D eigenvalue weighted by Crippen LogP contribution is 2.32. The van der Waals surface area contributed by atoms with Crippen LogP contribution in [-0.2, 0) is 0 Å². The Morgan fingerprint density at radius 3 is 3.18 bits per heavy atom. The van der Waals surface area contributed by atoms with Crippen LogP contribution in [0.4, 0.5) is 5.82 Å².